The van der Waals surface area contributed by atoms with E-state index in [1.165, 1.54) is 5.56 Å². The van der Waals surface area contributed by atoms with Gasteiger partial charge in [-0.25, -0.2) is 0 Å². The van der Waals surface area contributed by atoms with Gasteiger partial charge < -0.3 is 10.6 Å². The zero-order valence-corrected chi connectivity index (χ0v) is 12.2. The molecule has 7 heteroatoms. The monoisotopic (exact) mass is 286 g/mol. The number of rotatable bonds is 3. The highest BCUT2D eigenvalue weighted by Crippen LogP contribution is 2.46. The van der Waals surface area contributed by atoms with Crippen LogP contribution in [0.3, 0.4) is 0 Å². The first-order chi connectivity index (χ1) is 8.54. The zero-order chi connectivity index (χ0) is 13.3. The van der Waals surface area contributed by atoms with Crippen molar-refractivity contribution < 1.29 is 19.7 Å². The summed E-state index contributed by atoms with van der Waals surface area (Å²) in [6.07, 6.45) is 1.73. The average molecular weight is 286 g/mol. The van der Waals surface area contributed by atoms with Crippen LogP contribution in [0.2, 0.25) is 0 Å². The van der Waals surface area contributed by atoms with Crippen LogP contribution in [0.15, 0.2) is 18.3 Å². The molecule has 0 aromatic heterocycles. The Morgan fingerprint density at radius 1 is 1.42 bits per heavy atom. The van der Waals surface area contributed by atoms with E-state index in [2.05, 4.69) is 5.43 Å². The van der Waals surface area contributed by atoms with E-state index in [1.807, 2.05) is 33.0 Å². The van der Waals surface area contributed by atoms with E-state index in [1.54, 1.807) is 11.2 Å². The molecule has 0 spiro atoms. The van der Waals surface area contributed by atoms with Crippen molar-refractivity contribution in [1.82, 2.24) is 5.01 Å². The molecule has 1 aliphatic rings. The fourth-order valence-electron chi connectivity index (χ4n) is 1.96. The standard InChI is InChI=1S/C12H17N2O3P.H2O/c1-8-4-5-10-11(18(16)17-7-15)6-14(3)13-12(10)9(8)2;/h4-6,13,15,18H,7H2,1-3H3;1H2. The topological polar surface area (TPSA) is 93.3 Å². The third kappa shape index (κ3) is 2.98. The van der Waals surface area contributed by atoms with Crippen molar-refractivity contribution in [2.75, 3.05) is 19.3 Å². The second-order valence-corrected chi connectivity index (χ2v) is 5.66. The zero-order valence-electron chi connectivity index (χ0n) is 11.2. The highest BCUT2D eigenvalue weighted by atomic mass is 31.1. The molecule has 19 heavy (non-hydrogen) atoms. The minimum Gasteiger partial charge on any atom is -0.412 e. The van der Waals surface area contributed by atoms with Crippen molar-refractivity contribution >= 4 is 19.0 Å². The van der Waals surface area contributed by atoms with E-state index in [0.717, 1.165) is 16.8 Å². The summed E-state index contributed by atoms with van der Waals surface area (Å²) in [6.45, 7) is 3.51. The summed E-state index contributed by atoms with van der Waals surface area (Å²) >= 11 is 0. The quantitative estimate of drug-likeness (QED) is 0.648. The first-order valence-corrected chi connectivity index (χ1v) is 6.96. The Labute approximate surface area is 112 Å². The molecule has 1 aromatic rings. The van der Waals surface area contributed by atoms with Gasteiger partial charge >= 0.3 is 0 Å². The molecule has 1 heterocycles. The smallest absolute Gasteiger partial charge is 0.224 e. The largest absolute Gasteiger partial charge is 0.412 e. The number of hydrazine groups is 1. The molecular formula is C12H19N2O4P. The van der Waals surface area contributed by atoms with Crippen LogP contribution in [0.25, 0.3) is 5.31 Å². The number of nitrogens with zero attached hydrogens (tertiary/aromatic N) is 1. The van der Waals surface area contributed by atoms with Gasteiger partial charge in [0.2, 0.25) is 8.03 Å². The molecule has 2 rings (SSSR count). The summed E-state index contributed by atoms with van der Waals surface area (Å²) < 4.78 is 16.8. The Balaban J connectivity index is 0.00000180. The summed E-state index contributed by atoms with van der Waals surface area (Å²) in [4.78, 5) is 0. The SMILES string of the molecule is Cc1ccc2c(c1C)NN(C)C=C2[PH](=O)OCO.O. The Bertz CT molecular complexity index is 531. The van der Waals surface area contributed by atoms with Crippen molar-refractivity contribution in [2.24, 2.45) is 0 Å². The number of hydrogen-bond donors (Lipinski definition) is 2. The molecule has 0 saturated heterocycles. The lowest BCUT2D eigenvalue weighted by Gasteiger charge is -2.28. The summed E-state index contributed by atoms with van der Waals surface area (Å²) in [5.74, 6) is 0. The van der Waals surface area contributed by atoms with Gasteiger partial charge in [0.25, 0.3) is 0 Å². The van der Waals surface area contributed by atoms with Gasteiger partial charge in [0.05, 0.1) is 11.0 Å². The van der Waals surface area contributed by atoms with Crippen molar-refractivity contribution in [3.8, 4) is 0 Å². The fraction of sp³-hybridized carbons (Fsp3) is 0.333. The molecule has 6 nitrogen and oxygen atoms in total. The van der Waals surface area contributed by atoms with Gasteiger partial charge in [-0.1, -0.05) is 12.1 Å². The minimum atomic E-state index is -2.44. The van der Waals surface area contributed by atoms with E-state index in [4.69, 9.17) is 9.63 Å². The van der Waals surface area contributed by atoms with Gasteiger partial charge in [0.15, 0.2) is 6.79 Å². The molecule has 0 amide bonds. The molecule has 0 aliphatic carbocycles. The van der Waals surface area contributed by atoms with Crippen LogP contribution in [0.4, 0.5) is 5.69 Å². The second-order valence-electron chi connectivity index (χ2n) is 4.26. The van der Waals surface area contributed by atoms with Gasteiger partial charge in [-0.15, -0.1) is 0 Å². The van der Waals surface area contributed by atoms with Crippen LogP contribution in [0.5, 0.6) is 0 Å². The number of benzene rings is 1. The van der Waals surface area contributed by atoms with Crippen LogP contribution in [-0.4, -0.2) is 29.4 Å². The summed E-state index contributed by atoms with van der Waals surface area (Å²) in [5.41, 5.74) is 7.30. The predicted octanol–water partition coefficient (Wildman–Crippen LogP) is 1.49. The molecule has 1 unspecified atom stereocenters. The van der Waals surface area contributed by atoms with Crippen LogP contribution in [0, 0.1) is 13.8 Å². The third-order valence-electron chi connectivity index (χ3n) is 3.05. The molecule has 4 N–H and O–H groups in total. The lowest BCUT2D eigenvalue weighted by Crippen LogP contribution is -2.24. The molecule has 1 aromatic carbocycles. The number of hydrogen-bond acceptors (Lipinski definition) is 5. The van der Waals surface area contributed by atoms with E-state index < -0.39 is 14.8 Å². The minimum absolute atomic E-state index is 0. The van der Waals surface area contributed by atoms with Gasteiger partial charge in [0, 0.05) is 18.8 Å². The lowest BCUT2D eigenvalue weighted by atomic mass is 10.0. The van der Waals surface area contributed by atoms with Crippen LogP contribution < -0.4 is 5.43 Å². The first-order valence-electron chi connectivity index (χ1n) is 5.64. The molecule has 0 radical (unpaired) electrons. The maximum atomic E-state index is 12.0. The predicted molar refractivity (Wildman–Crippen MR) is 76.1 cm³/mol. The van der Waals surface area contributed by atoms with Gasteiger partial charge in [-0.2, -0.15) is 0 Å². The Morgan fingerprint density at radius 2 is 2.11 bits per heavy atom. The number of anilines is 1. The number of fused-ring (bicyclic) bond motifs is 1. The average Bonchev–Trinajstić information content (AvgIpc) is 2.34. The highest BCUT2D eigenvalue weighted by Gasteiger charge is 2.21. The molecule has 1 atom stereocenters. The summed E-state index contributed by atoms with van der Waals surface area (Å²) in [7, 11) is -0.603. The maximum absolute atomic E-state index is 12.0. The molecule has 1 aliphatic heterocycles. The summed E-state index contributed by atoms with van der Waals surface area (Å²) in [5, 5.41) is 11.1. The molecule has 0 fully saturated rings. The number of aliphatic hydroxyl groups is 1. The summed E-state index contributed by atoms with van der Waals surface area (Å²) in [6, 6.07) is 3.91. The fourth-order valence-corrected chi connectivity index (χ4v) is 2.96. The van der Waals surface area contributed by atoms with Crippen LogP contribution in [0.1, 0.15) is 16.7 Å². The van der Waals surface area contributed by atoms with Gasteiger partial charge in [-0.05, 0) is 25.0 Å². The van der Waals surface area contributed by atoms with Crippen molar-refractivity contribution in [3.63, 3.8) is 0 Å². The van der Waals surface area contributed by atoms with Crippen molar-refractivity contribution in [3.05, 3.63) is 35.0 Å². The van der Waals surface area contributed by atoms with Gasteiger partial charge in [0.1, 0.15) is 0 Å². The molecule has 106 valence electrons. The van der Waals surface area contributed by atoms with Crippen molar-refractivity contribution in [1.29, 1.82) is 0 Å². The van der Waals surface area contributed by atoms with E-state index in [0.29, 0.717) is 5.31 Å². The van der Waals surface area contributed by atoms with Crippen LogP contribution >= 0.6 is 8.03 Å². The van der Waals surface area contributed by atoms with Crippen molar-refractivity contribution in [2.45, 2.75) is 13.8 Å². The first kappa shape index (κ1) is 15.7. The Morgan fingerprint density at radius 3 is 2.74 bits per heavy atom. The Kier molecular flexibility index (Phi) is 5.14. The number of aryl methyl sites for hydroxylation is 1. The third-order valence-corrected chi connectivity index (χ3v) is 4.28. The Hall–Kier alpha value is -1.33. The maximum Gasteiger partial charge on any atom is 0.224 e. The molecule has 0 saturated carbocycles. The lowest BCUT2D eigenvalue weighted by molar-refractivity contribution is 0.109. The van der Waals surface area contributed by atoms with E-state index in [-0.39, 0.29) is 5.48 Å². The molecule has 0 bridgehead atoms. The number of aliphatic hydroxyl groups excluding tert-OH is 1. The van der Waals surface area contributed by atoms with E-state index >= 15 is 0 Å². The second kappa shape index (κ2) is 6.21. The van der Waals surface area contributed by atoms with E-state index in [9.17, 15) is 4.57 Å². The highest BCUT2D eigenvalue weighted by molar-refractivity contribution is 7.51. The normalized spacial score (nSPS) is 14.9. The number of nitrogens with one attached hydrogen (secondary N) is 1. The van der Waals surface area contributed by atoms with Gasteiger partial charge in [-0.3, -0.25) is 19.5 Å². The van der Waals surface area contributed by atoms with Crippen LogP contribution in [-0.2, 0) is 9.09 Å². The molecular weight excluding hydrogens is 267 g/mol.